The maximum atomic E-state index is 12.5. The normalized spacial score (nSPS) is 12.4. The first-order valence-corrected chi connectivity index (χ1v) is 4.92. The number of hydrogen-bond donors (Lipinski definition) is 0. The van der Waals surface area contributed by atoms with Crippen LogP contribution in [0.15, 0.2) is 18.2 Å². The number of carbonyl (C=O) groups is 1. The summed E-state index contributed by atoms with van der Waals surface area (Å²) < 4.78 is 64.5. The van der Waals surface area contributed by atoms with Gasteiger partial charge in [0.2, 0.25) is 0 Å². The number of esters is 1. The summed E-state index contributed by atoms with van der Waals surface area (Å²) in [6.07, 6.45) is -6.04. The molecule has 0 spiro atoms. The summed E-state index contributed by atoms with van der Waals surface area (Å²) in [4.78, 5) is 10.7. The van der Waals surface area contributed by atoms with Crippen LogP contribution in [0.3, 0.4) is 0 Å². The molecule has 0 aliphatic rings. The van der Waals surface area contributed by atoms with Crippen molar-refractivity contribution in [1.29, 1.82) is 0 Å². The Balaban J connectivity index is 2.95. The molecule has 0 aromatic heterocycles. The van der Waals surface area contributed by atoms with Gasteiger partial charge in [0.05, 0.1) is 0 Å². The van der Waals surface area contributed by atoms with Gasteiger partial charge < -0.3 is 4.74 Å². The van der Waals surface area contributed by atoms with Gasteiger partial charge in [0.1, 0.15) is 5.75 Å². The lowest BCUT2D eigenvalue weighted by molar-refractivity contribution is -0.276. The molecule has 0 heterocycles. The number of carbonyl (C=O) groups excluding carboxylic acids is 1. The Hall–Kier alpha value is -1.08. The van der Waals surface area contributed by atoms with Crippen molar-refractivity contribution in [3.8, 4) is 5.75 Å². The third kappa shape index (κ3) is 3.23. The maximum Gasteiger partial charge on any atom is 0.465 e. The van der Waals surface area contributed by atoms with E-state index in [4.69, 9.17) is 23.2 Å². The molecule has 0 N–H and O–H groups in total. The summed E-state index contributed by atoms with van der Waals surface area (Å²) in [5.41, 5.74) is 0. The predicted molar refractivity (Wildman–Crippen MR) is 53.1 cm³/mol. The van der Waals surface area contributed by atoms with E-state index in [9.17, 15) is 26.7 Å². The Morgan fingerprint density at radius 2 is 1.44 bits per heavy atom. The highest BCUT2D eigenvalue weighted by Crippen LogP contribution is 2.37. The Morgan fingerprint density at radius 1 is 1.00 bits per heavy atom. The fourth-order valence-corrected chi connectivity index (χ4v) is 1.38. The van der Waals surface area contributed by atoms with Crippen LogP contribution >= 0.6 is 23.2 Å². The molecular formula is C9H3Cl2F5O2. The molecule has 0 aliphatic carbocycles. The summed E-state index contributed by atoms with van der Waals surface area (Å²) in [5.74, 6) is -8.98. The average Bonchev–Trinajstić information content (AvgIpc) is 2.13. The summed E-state index contributed by atoms with van der Waals surface area (Å²) in [6, 6.07) is 2.93. The minimum absolute atomic E-state index is 0.0828. The average molecular weight is 309 g/mol. The molecule has 0 unspecified atom stereocenters. The predicted octanol–water partition coefficient (Wildman–Crippen LogP) is 4.10. The van der Waals surface area contributed by atoms with Crippen LogP contribution in [-0.4, -0.2) is 18.1 Å². The van der Waals surface area contributed by atoms with E-state index >= 15 is 0 Å². The van der Waals surface area contributed by atoms with Gasteiger partial charge in [-0.25, -0.2) is 4.79 Å². The lowest BCUT2D eigenvalue weighted by atomic mass is 10.3. The van der Waals surface area contributed by atoms with Crippen molar-refractivity contribution in [2.75, 3.05) is 0 Å². The lowest BCUT2D eigenvalue weighted by Gasteiger charge is -2.17. The smallest absolute Gasteiger partial charge is 0.422 e. The first kappa shape index (κ1) is 15.0. The van der Waals surface area contributed by atoms with Gasteiger partial charge in [-0.1, -0.05) is 23.2 Å². The maximum absolute atomic E-state index is 12.5. The van der Waals surface area contributed by atoms with Gasteiger partial charge in [-0.3, -0.25) is 0 Å². The molecule has 100 valence electrons. The fraction of sp³-hybridized carbons (Fsp3) is 0.222. The molecule has 0 aliphatic heterocycles. The van der Waals surface area contributed by atoms with Crippen LogP contribution in [0.25, 0.3) is 0 Å². The molecule has 0 bridgehead atoms. The van der Waals surface area contributed by atoms with E-state index in [1.807, 2.05) is 0 Å². The summed E-state index contributed by atoms with van der Waals surface area (Å²) >= 11 is 10.9. The van der Waals surface area contributed by atoms with E-state index in [1.54, 1.807) is 0 Å². The van der Waals surface area contributed by atoms with Crippen molar-refractivity contribution in [3.63, 3.8) is 0 Å². The highest BCUT2D eigenvalue weighted by Gasteiger charge is 2.65. The largest absolute Gasteiger partial charge is 0.465 e. The van der Waals surface area contributed by atoms with Gasteiger partial charge >= 0.3 is 18.1 Å². The number of alkyl halides is 5. The molecule has 1 rings (SSSR count). The fourth-order valence-electron chi connectivity index (χ4n) is 0.874. The topological polar surface area (TPSA) is 26.3 Å². The van der Waals surface area contributed by atoms with E-state index in [0.717, 1.165) is 12.1 Å². The number of benzene rings is 1. The molecule has 0 saturated carbocycles. The summed E-state index contributed by atoms with van der Waals surface area (Å²) in [6.45, 7) is 0. The molecule has 1 aromatic carbocycles. The second-order valence-corrected chi connectivity index (χ2v) is 3.94. The van der Waals surface area contributed by atoms with Crippen LogP contribution in [0.4, 0.5) is 22.0 Å². The molecule has 0 radical (unpaired) electrons. The van der Waals surface area contributed by atoms with Crippen molar-refractivity contribution in [2.24, 2.45) is 0 Å². The van der Waals surface area contributed by atoms with Crippen molar-refractivity contribution >= 4 is 29.2 Å². The molecule has 0 fully saturated rings. The standard InChI is InChI=1S/C9H3Cl2F5O2/c10-4-1-5(11)3-6(2-4)18-7(17)8(12,13)9(14,15)16/h1-3H. The minimum Gasteiger partial charge on any atom is -0.422 e. The van der Waals surface area contributed by atoms with Gasteiger partial charge in [0, 0.05) is 10.0 Å². The molecule has 0 saturated heterocycles. The van der Waals surface area contributed by atoms with Crippen LogP contribution in [0.2, 0.25) is 10.0 Å². The van der Waals surface area contributed by atoms with Crippen LogP contribution < -0.4 is 4.74 Å². The van der Waals surface area contributed by atoms with Gasteiger partial charge in [0.25, 0.3) is 0 Å². The highest BCUT2D eigenvalue weighted by atomic mass is 35.5. The van der Waals surface area contributed by atoms with E-state index < -0.39 is 23.8 Å². The molecule has 0 amide bonds. The Labute approximate surface area is 107 Å². The number of hydrogen-bond acceptors (Lipinski definition) is 2. The monoisotopic (exact) mass is 308 g/mol. The Morgan fingerprint density at radius 3 is 1.83 bits per heavy atom. The van der Waals surface area contributed by atoms with Gasteiger partial charge in [-0.05, 0) is 18.2 Å². The number of rotatable bonds is 2. The van der Waals surface area contributed by atoms with E-state index in [2.05, 4.69) is 4.74 Å². The quantitative estimate of drug-likeness (QED) is 0.467. The summed E-state index contributed by atoms with van der Waals surface area (Å²) in [5, 5.41) is -0.166. The van der Waals surface area contributed by atoms with Gasteiger partial charge in [-0.2, -0.15) is 22.0 Å². The highest BCUT2D eigenvalue weighted by molar-refractivity contribution is 6.34. The van der Waals surface area contributed by atoms with E-state index in [1.165, 1.54) is 6.07 Å². The minimum atomic E-state index is -6.04. The first-order valence-electron chi connectivity index (χ1n) is 4.17. The van der Waals surface area contributed by atoms with Crippen LogP contribution in [0, 0.1) is 0 Å². The van der Waals surface area contributed by atoms with E-state index in [-0.39, 0.29) is 10.0 Å². The lowest BCUT2D eigenvalue weighted by Crippen LogP contribution is -2.46. The van der Waals surface area contributed by atoms with Crippen molar-refractivity contribution in [2.45, 2.75) is 12.1 Å². The molecule has 18 heavy (non-hydrogen) atoms. The van der Waals surface area contributed by atoms with Crippen molar-refractivity contribution in [1.82, 2.24) is 0 Å². The molecule has 0 atom stereocenters. The van der Waals surface area contributed by atoms with Gasteiger partial charge in [0.15, 0.2) is 0 Å². The zero-order chi connectivity index (χ0) is 14.1. The number of halogens is 7. The Kier molecular flexibility index (Phi) is 4.07. The third-order valence-electron chi connectivity index (χ3n) is 1.66. The molecule has 1 aromatic rings. The van der Waals surface area contributed by atoms with Gasteiger partial charge in [-0.15, -0.1) is 0 Å². The van der Waals surface area contributed by atoms with Crippen molar-refractivity contribution < 1.29 is 31.5 Å². The number of ether oxygens (including phenoxy) is 1. The second kappa shape index (κ2) is 4.89. The zero-order valence-corrected chi connectivity index (χ0v) is 9.71. The third-order valence-corrected chi connectivity index (χ3v) is 2.10. The molecule has 9 heteroatoms. The SMILES string of the molecule is O=C(Oc1cc(Cl)cc(Cl)c1)C(F)(F)C(F)(F)F. The molecular weight excluding hydrogens is 306 g/mol. The van der Waals surface area contributed by atoms with Crippen molar-refractivity contribution in [3.05, 3.63) is 28.2 Å². The first-order chi connectivity index (χ1) is 8.04. The zero-order valence-electron chi connectivity index (χ0n) is 8.19. The van der Waals surface area contributed by atoms with Crippen LogP contribution in [0.1, 0.15) is 0 Å². The second-order valence-electron chi connectivity index (χ2n) is 3.07. The Bertz CT molecular complexity index is 452. The summed E-state index contributed by atoms with van der Waals surface area (Å²) in [7, 11) is 0. The molecule has 2 nitrogen and oxygen atoms in total. The van der Waals surface area contributed by atoms with Crippen LogP contribution in [-0.2, 0) is 4.79 Å². The van der Waals surface area contributed by atoms with E-state index in [0.29, 0.717) is 0 Å². The van der Waals surface area contributed by atoms with Crippen LogP contribution in [0.5, 0.6) is 5.75 Å².